The highest BCUT2D eigenvalue weighted by atomic mass is 16.5. The maximum atomic E-state index is 6.54. The van der Waals surface area contributed by atoms with Crippen molar-refractivity contribution in [3.8, 4) is 0 Å². The van der Waals surface area contributed by atoms with E-state index >= 15 is 0 Å². The zero-order chi connectivity index (χ0) is 14.2. The minimum Gasteiger partial charge on any atom is -0.372 e. The Bertz CT molecular complexity index is 413. The van der Waals surface area contributed by atoms with Crippen molar-refractivity contribution in [2.24, 2.45) is 5.73 Å². The zero-order valence-electron chi connectivity index (χ0n) is 12.6. The molecule has 0 saturated carbocycles. The normalized spacial score (nSPS) is 22.2. The summed E-state index contributed by atoms with van der Waals surface area (Å²) in [6.45, 7) is 2.73. The van der Waals surface area contributed by atoms with E-state index in [9.17, 15) is 0 Å². The Morgan fingerprint density at radius 3 is 2.60 bits per heavy atom. The smallest absolute Gasteiger partial charge is 0.101 e. The Labute approximate surface area is 123 Å². The summed E-state index contributed by atoms with van der Waals surface area (Å²) >= 11 is 0. The third-order valence-electron chi connectivity index (χ3n) is 4.05. The molecule has 0 spiro atoms. The van der Waals surface area contributed by atoms with Crippen LogP contribution >= 0.6 is 0 Å². The van der Waals surface area contributed by atoms with Crippen molar-refractivity contribution in [3.63, 3.8) is 0 Å². The molecule has 0 radical (unpaired) electrons. The molecule has 2 nitrogen and oxygen atoms in total. The second-order valence-electron chi connectivity index (χ2n) is 5.54. The van der Waals surface area contributed by atoms with Crippen LogP contribution in [0.4, 0.5) is 0 Å². The molecule has 2 heteroatoms. The van der Waals surface area contributed by atoms with Crippen LogP contribution in [0.5, 0.6) is 0 Å². The molecular formula is C18H27NO. The van der Waals surface area contributed by atoms with Gasteiger partial charge in [-0.1, -0.05) is 54.8 Å². The summed E-state index contributed by atoms with van der Waals surface area (Å²) in [5.41, 5.74) is 9.10. The van der Waals surface area contributed by atoms with Crippen LogP contribution in [0.15, 0.2) is 42.0 Å². The lowest BCUT2D eigenvalue weighted by Crippen LogP contribution is -2.32. The van der Waals surface area contributed by atoms with Gasteiger partial charge in [-0.15, -0.1) is 0 Å². The fourth-order valence-electron chi connectivity index (χ4n) is 2.94. The van der Waals surface area contributed by atoms with Crippen LogP contribution in [0.25, 0.3) is 0 Å². The maximum absolute atomic E-state index is 6.54. The fraction of sp³-hybridized carbons (Fsp3) is 0.556. The monoisotopic (exact) mass is 273 g/mol. The second kappa shape index (κ2) is 8.23. The summed E-state index contributed by atoms with van der Waals surface area (Å²) in [5.74, 6) is 0. The van der Waals surface area contributed by atoms with E-state index in [0.717, 1.165) is 12.8 Å². The van der Waals surface area contributed by atoms with Gasteiger partial charge in [0, 0.05) is 6.61 Å². The van der Waals surface area contributed by atoms with E-state index in [2.05, 4.69) is 30.3 Å². The first-order valence-corrected chi connectivity index (χ1v) is 7.94. The van der Waals surface area contributed by atoms with Crippen LogP contribution in [0, 0.1) is 0 Å². The number of hydrogen-bond donors (Lipinski definition) is 1. The van der Waals surface area contributed by atoms with Crippen LogP contribution < -0.4 is 5.73 Å². The summed E-state index contributed by atoms with van der Waals surface area (Å²) in [4.78, 5) is 0. The Kier molecular flexibility index (Phi) is 6.28. The van der Waals surface area contributed by atoms with E-state index in [1.54, 1.807) is 0 Å². The van der Waals surface area contributed by atoms with Crippen molar-refractivity contribution < 1.29 is 4.74 Å². The average molecular weight is 273 g/mol. The lowest BCUT2D eigenvalue weighted by Gasteiger charge is -2.27. The lowest BCUT2D eigenvalue weighted by atomic mass is 9.90. The van der Waals surface area contributed by atoms with Crippen LogP contribution in [-0.2, 0) is 4.74 Å². The number of benzene rings is 1. The van der Waals surface area contributed by atoms with Crippen molar-refractivity contribution in [1.82, 2.24) is 0 Å². The molecule has 2 unspecified atom stereocenters. The van der Waals surface area contributed by atoms with Gasteiger partial charge in [0.1, 0.15) is 6.10 Å². The largest absolute Gasteiger partial charge is 0.372 e. The van der Waals surface area contributed by atoms with Crippen molar-refractivity contribution in [1.29, 1.82) is 0 Å². The zero-order valence-corrected chi connectivity index (χ0v) is 12.6. The van der Waals surface area contributed by atoms with Crippen molar-refractivity contribution in [2.75, 3.05) is 6.61 Å². The van der Waals surface area contributed by atoms with Crippen LogP contribution in [0.2, 0.25) is 0 Å². The highest BCUT2D eigenvalue weighted by Crippen LogP contribution is 2.28. The summed E-state index contributed by atoms with van der Waals surface area (Å²) in [6.07, 6.45) is 9.86. The molecule has 0 saturated heterocycles. The second-order valence-corrected chi connectivity index (χ2v) is 5.54. The van der Waals surface area contributed by atoms with Gasteiger partial charge in [-0.05, 0) is 38.2 Å². The molecule has 2 rings (SSSR count). The third-order valence-corrected chi connectivity index (χ3v) is 4.05. The summed E-state index contributed by atoms with van der Waals surface area (Å²) < 4.78 is 5.95. The predicted octanol–water partition coefficient (Wildman–Crippen LogP) is 4.37. The number of nitrogens with two attached hydrogens (primary N) is 1. The van der Waals surface area contributed by atoms with E-state index < -0.39 is 0 Å². The topological polar surface area (TPSA) is 35.2 Å². The first-order valence-electron chi connectivity index (χ1n) is 7.94. The molecule has 1 aliphatic rings. The number of hydrogen-bond acceptors (Lipinski definition) is 2. The molecule has 110 valence electrons. The molecule has 0 aliphatic heterocycles. The van der Waals surface area contributed by atoms with Crippen LogP contribution in [0.3, 0.4) is 0 Å². The molecule has 0 fully saturated rings. The number of allylic oxidation sites excluding steroid dienone is 1. The molecule has 0 bridgehead atoms. The van der Waals surface area contributed by atoms with Crippen LogP contribution in [0.1, 0.15) is 57.1 Å². The summed E-state index contributed by atoms with van der Waals surface area (Å²) in [5, 5.41) is 0. The maximum Gasteiger partial charge on any atom is 0.101 e. The molecule has 0 heterocycles. The molecule has 1 aliphatic carbocycles. The van der Waals surface area contributed by atoms with E-state index in [-0.39, 0.29) is 12.1 Å². The van der Waals surface area contributed by atoms with Crippen molar-refractivity contribution >= 4 is 0 Å². The minimum atomic E-state index is -0.0214. The van der Waals surface area contributed by atoms with E-state index in [1.807, 2.05) is 13.0 Å². The molecule has 1 aromatic carbocycles. The average Bonchev–Trinajstić information content (AvgIpc) is 2.45. The van der Waals surface area contributed by atoms with E-state index in [0.29, 0.717) is 6.61 Å². The Hall–Kier alpha value is -1.12. The van der Waals surface area contributed by atoms with Gasteiger partial charge in [0.15, 0.2) is 0 Å². The van der Waals surface area contributed by atoms with E-state index in [4.69, 9.17) is 10.5 Å². The minimum absolute atomic E-state index is 0.0181. The third kappa shape index (κ3) is 4.19. The highest BCUT2D eigenvalue weighted by molar-refractivity contribution is 5.24. The molecule has 0 aromatic heterocycles. The molecule has 2 atom stereocenters. The lowest BCUT2D eigenvalue weighted by molar-refractivity contribution is 0.0503. The molecule has 0 amide bonds. The predicted molar refractivity (Wildman–Crippen MR) is 84.6 cm³/mol. The van der Waals surface area contributed by atoms with Gasteiger partial charge in [-0.25, -0.2) is 0 Å². The van der Waals surface area contributed by atoms with Gasteiger partial charge < -0.3 is 10.5 Å². The highest BCUT2D eigenvalue weighted by Gasteiger charge is 2.23. The van der Waals surface area contributed by atoms with Gasteiger partial charge in [-0.3, -0.25) is 0 Å². The van der Waals surface area contributed by atoms with Gasteiger partial charge in [0.05, 0.1) is 6.04 Å². The van der Waals surface area contributed by atoms with Crippen LogP contribution in [-0.4, -0.2) is 12.6 Å². The molecule has 1 aromatic rings. The fourth-order valence-corrected chi connectivity index (χ4v) is 2.94. The first kappa shape index (κ1) is 15.3. The molecule has 2 N–H and O–H groups in total. The summed E-state index contributed by atoms with van der Waals surface area (Å²) in [6, 6.07) is 10.4. The Balaban J connectivity index is 2.15. The van der Waals surface area contributed by atoms with Gasteiger partial charge in [-0.2, -0.15) is 0 Å². The van der Waals surface area contributed by atoms with Gasteiger partial charge in [0.25, 0.3) is 0 Å². The SMILES string of the molecule is CCOC(c1ccccc1)C(N)/C1=C/CCCCCC1. The quantitative estimate of drug-likeness (QED) is 0.808. The van der Waals surface area contributed by atoms with Gasteiger partial charge in [0.2, 0.25) is 0 Å². The molecule has 20 heavy (non-hydrogen) atoms. The Morgan fingerprint density at radius 1 is 1.10 bits per heavy atom. The van der Waals surface area contributed by atoms with Gasteiger partial charge >= 0.3 is 0 Å². The number of rotatable bonds is 5. The number of ether oxygens (including phenoxy) is 1. The summed E-state index contributed by atoms with van der Waals surface area (Å²) in [7, 11) is 0. The van der Waals surface area contributed by atoms with Crippen molar-refractivity contribution in [3.05, 3.63) is 47.5 Å². The Morgan fingerprint density at radius 2 is 1.85 bits per heavy atom. The molecular weight excluding hydrogens is 246 g/mol. The first-order chi connectivity index (χ1) is 9.83. The van der Waals surface area contributed by atoms with E-state index in [1.165, 1.54) is 36.8 Å². The standard InChI is InChI=1S/C18H27NO/c1-2-20-18(16-13-9-6-10-14-16)17(19)15-11-7-4-3-5-8-12-15/h6,9-11,13-14,17-18H,2-5,7-8,12,19H2,1H3/b15-11+. The van der Waals surface area contributed by atoms with Crippen molar-refractivity contribution in [2.45, 2.75) is 57.6 Å².